The molecular weight excluding hydrogens is 324 g/mol. The Morgan fingerprint density at radius 3 is 2.27 bits per heavy atom. The van der Waals surface area contributed by atoms with Crippen LogP contribution in [0.5, 0.6) is 0 Å². The average Bonchev–Trinajstić information content (AvgIpc) is 2.70. The zero-order chi connectivity index (χ0) is 18.2. The summed E-state index contributed by atoms with van der Waals surface area (Å²) in [5.41, 5.74) is 3.09. The summed E-state index contributed by atoms with van der Waals surface area (Å²) in [6.07, 6.45) is 4.44. The lowest BCUT2D eigenvalue weighted by Crippen LogP contribution is -2.45. The molecule has 0 amide bonds. The van der Waals surface area contributed by atoms with E-state index in [0.29, 0.717) is 5.56 Å². The van der Waals surface area contributed by atoms with Gasteiger partial charge in [0, 0.05) is 39.3 Å². The second kappa shape index (κ2) is 9.32. The lowest BCUT2D eigenvalue weighted by atomic mass is 10.1. The Balaban J connectivity index is 1.42. The molecule has 1 saturated heterocycles. The van der Waals surface area contributed by atoms with E-state index in [9.17, 15) is 4.79 Å². The zero-order valence-electron chi connectivity index (χ0n) is 15.3. The number of carbonyl (C=O) groups excluding carboxylic acids is 1. The van der Waals surface area contributed by atoms with Crippen LogP contribution in [-0.2, 0) is 11.3 Å². The highest BCUT2D eigenvalue weighted by Crippen LogP contribution is 2.11. The van der Waals surface area contributed by atoms with E-state index in [1.165, 1.54) is 18.2 Å². The molecule has 1 heterocycles. The minimum Gasteiger partial charge on any atom is -0.465 e. The highest BCUT2D eigenvalue weighted by atomic mass is 16.5. The van der Waals surface area contributed by atoms with Crippen molar-refractivity contribution in [1.82, 2.24) is 9.80 Å². The van der Waals surface area contributed by atoms with E-state index in [4.69, 9.17) is 4.74 Å². The molecule has 136 valence electrons. The van der Waals surface area contributed by atoms with Crippen molar-refractivity contribution >= 4 is 12.0 Å². The smallest absolute Gasteiger partial charge is 0.337 e. The van der Waals surface area contributed by atoms with E-state index in [1.54, 1.807) is 0 Å². The van der Waals surface area contributed by atoms with Crippen LogP contribution < -0.4 is 0 Å². The molecule has 4 nitrogen and oxygen atoms in total. The molecule has 0 saturated carbocycles. The molecule has 0 aliphatic carbocycles. The van der Waals surface area contributed by atoms with E-state index < -0.39 is 0 Å². The Morgan fingerprint density at radius 2 is 1.62 bits per heavy atom. The molecule has 2 aromatic rings. The summed E-state index contributed by atoms with van der Waals surface area (Å²) in [4.78, 5) is 16.4. The summed E-state index contributed by atoms with van der Waals surface area (Å²) in [6, 6.07) is 18.1. The molecule has 0 bridgehead atoms. The number of hydrogen-bond acceptors (Lipinski definition) is 4. The third-order valence-corrected chi connectivity index (χ3v) is 4.72. The van der Waals surface area contributed by atoms with Gasteiger partial charge in [0.15, 0.2) is 0 Å². The largest absolute Gasteiger partial charge is 0.465 e. The highest BCUT2D eigenvalue weighted by Gasteiger charge is 2.16. The summed E-state index contributed by atoms with van der Waals surface area (Å²) >= 11 is 0. The summed E-state index contributed by atoms with van der Waals surface area (Å²) in [7, 11) is 1.41. The lowest BCUT2D eigenvalue weighted by molar-refractivity contribution is 0.0600. The number of piperazine rings is 1. The van der Waals surface area contributed by atoms with Crippen LogP contribution in [-0.4, -0.2) is 55.6 Å². The van der Waals surface area contributed by atoms with E-state index >= 15 is 0 Å². The first kappa shape index (κ1) is 18.4. The highest BCUT2D eigenvalue weighted by molar-refractivity contribution is 5.89. The molecule has 26 heavy (non-hydrogen) atoms. The third kappa shape index (κ3) is 5.28. The number of esters is 1. The first-order valence-electron chi connectivity index (χ1n) is 9.08. The predicted molar refractivity (Wildman–Crippen MR) is 105 cm³/mol. The molecule has 0 radical (unpaired) electrons. The van der Waals surface area contributed by atoms with Crippen LogP contribution in [0.4, 0.5) is 0 Å². The van der Waals surface area contributed by atoms with Gasteiger partial charge < -0.3 is 4.74 Å². The minimum atomic E-state index is -0.284. The topological polar surface area (TPSA) is 32.8 Å². The standard InChI is InChI=1S/C22H26N2O2/c1-26-22(25)21-11-9-20(10-12-21)18-24-16-14-23(15-17-24)13-5-8-19-6-3-2-4-7-19/h2-12H,13-18H2,1H3. The SMILES string of the molecule is COC(=O)c1ccc(CN2CCN(CC=Cc3ccccc3)CC2)cc1. The van der Waals surface area contributed by atoms with Gasteiger partial charge in [-0.05, 0) is 23.3 Å². The molecule has 0 spiro atoms. The van der Waals surface area contributed by atoms with Gasteiger partial charge in [0.05, 0.1) is 12.7 Å². The van der Waals surface area contributed by atoms with Gasteiger partial charge in [-0.15, -0.1) is 0 Å². The van der Waals surface area contributed by atoms with Crippen LogP contribution in [0.1, 0.15) is 21.5 Å². The van der Waals surface area contributed by atoms with Crippen LogP contribution in [0, 0.1) is 0 Å². The molecule has 1 aliphatic rings. The van der Waals surface area contributed by atoms with Gasteiger partial charge in [-0.2, -0.15) is 0 Å². The van der Waals surface area contributed by atoms with Crippen LogP contribution >= 0.6 is 0 Å². The van der Waals surface area contributed by atoms with Crippen LogP contribution in [0.15, 0.2) is 60.7 Å². The normalized spacial score (nSPS) is 16.0. The van der Waals surface area contributed by atoms with Crippen molar-refractivity contribution in [3.63, 3.8) is 0 Å². The van der Waals surface area contributed by atoms with E-state index in [0.717, 1.165) is 39.3 Å². The number of nitrogens with zero attached hydrogens (tertiary/aromatic N) is 2. The molecule has 0 aromatic heterocycles. The van der Waals surface area contributed by atoms with Crippen molar-refractivity contribution < 1.29 is 9.53 Å². The summed E-state index contributed by atoms with van der Waals surface area (Å²) in [5.74, 6) is -0.284. The van der Waals surface area contributed by atoms with Gasteiger partial charge in [-0.25, -0.2) is 4.79 Å². The first-order valence-corrected chi connectivity index (χ1v) is 9.08. The fourth-order valence-electron chi connectivity index (χ4n) is 3.15. The Labute approximate surface area is 155 Å². The van der Waals surface area contributed by atoms with Gasteiger partial charge in [0.1, 0.15) is 0 Å². The molecule has 1 aliphatic heterocycles. The summed E-state index contributed by atoms with van der Waals surface area (Å²) in [5, 5.41) is 0. The van der Waals surface area contributed by atoms with E-state index in [2.05, 4.69) is 46.2 Å². The third-order valence-electron chi connectivity index (χ3n) is 4.72. The van der Waals surface area contributed by atoms with E-state index in [-0.39, 0.29) is 5.97 Å². The Hall–Kier alpha value is -2.43. The molecule has 0 atom stereocenters. The minimum absolute atomic E-state index is 0.284. The van der Waals surface area contributed by atoms with Crippen molar-refractivity contribution in [2.24, 2.45) is 0 Å². The van der Waals surface area contributed by atoms with Crippen molar-refractivity contribution in [2.45, 2.75) is 6.54 Å². The fraction of sp³-hybridized carbons (Fsp3) is 0.318. The maximum absolute atomic E-state index is 11.5. The van der Waals surface area contributed by atoms with Gasteiger partial charge in [-0.3, -0.25) is 9.80 Å². The molecular formula is C22H26N2O2. The lowest BCUT2D eigenvalue weighted by Gasteiger charge is -2.34. The summed E-state index contributed by atoms with van der Waals surface area (Å²) in [6.45, 7) is 6.22. The van der Waals surface area contributed by atoms with E-state index in [1.807, 2.05) is 30.3 Å². The van der Waals surface area contributed by atoms with Gasteiger partial charge in [0.25, 0.3) is 0 Å². The van der Waals surface area contributed by atoms with Crippen molar-refractivity contribution in [2.75, 3.05) is 39.8 Å². The number of rotatable bonds is 6. The van der Waals surface area contributed by atoms with Crippen molar-refractivity contribution in [1.29, 1.82) is 0 Å². The second-order valence-electron chi connectivity index (χ2n) is 6.58. The van der Waals surface area contributed by atoms with Crippen LogP contribution in [0.2, 0.25) is 0 Å². The Morgan fingerprint density at radius 1 is 0.962 bits per heavy atom. The zero-order valence-corrected chi connectivity index (χ0v) is 15.3. The van der Waals surface area contributed by atoms with Crippen molar-refractivity contribution in [3.8, 4) is 0 Å². The number of methoxy groups -OCH3 is 1. The molecule has 3 rings (SSSR count). The molecule has 2 aromatic carbocycles. The van der Waals surface area contributed by atoms with Crippen LogP contribution in [0.3, 0.4) is 0 Å². The van der Waals surface area contributed by atoms with Crippen LogP contribution in [0.25, 0.3) is 6.08 Å². The molecule has 4 heteroatoms. The number of hydrogen-bond donors (Lipinski definition) is 0. The summed E-state index contributed by atoms with van der Waals surface area (Å²) < 4.78 is 4.74. The molecule has 0 N–H and O–H groups in total. The average molecular weight is 350 g/mol. The van der Waals surface area contributed by atoms with Gasteiger partial charge >= 0.3 is 5.97 Å². The molecule has 1 fully saturated rings. The first-order chi connectivity index (χ1) is 12.7. The van der Waals surface area contributed by atoms with Gasteiger partial charge in [-0.1, -0.05) is 54.6 Å². The van der Waals surface area contributed by atoms with Gasteiger partial charge in [0.2, 0.25) is 0 Å². The number of carbonyl (C=O) groups is 1. The van der Waals surface area contributed by atoms with Crippen molar-refractivity contribution in [3.05, 3.63) is 77.4 Å². The quantitative estimate of drug-likeness (QED) is 0.749. The number of ether oxygens (including phenoxy) is 1. The molecule has 0 unspecified atom stereocenters. The fourth-order valence-corrected chi connectivity index (χ4v) is 3.15. The predicted octanol–water partition coefficient (Wildman–Crippen LogP) is 3.30. The second-order valence-corrected chi connectivity index (χ2v) is 6.58. The number of benzene rings is 2. The maximum atomic E-state index is 11.5. The Kier molecular flexibility index (Phi) is 6.58. The monoisotopic (exact) mass is 350 g/mol. The Bertz CT molecular complexity index is 718. The maximum Gasteiger partial charge on any atom is 0.337 e.